The molecule has 3 atom stereocenters. The first kappa shape index (κ1) is 32.1. The van der Waals surface area contributed by atoms with Crippen LogP contribution in [0.3, 0.4) is 0 Å². The third-order valence-corrected chi connectivity index (χ3v) is 27.6. The molecule has 31 heavy (non-hydrogen) atoms. The lowest BCUT2D eigenvalue weighted by Crippen LogP contribution is -2.72. The predicted octanol–water partition coefficient (Wildman–Crippen LogP) is 0.285. The Hall–Kier alpha value is 1.14. The molecule has 3 unspecified atom stereocenters. The van der Waals surface area contributed by atoms with Crippen molar-refractivity contribution in [1.29, 1.82) is 0 Å². The third-order valence-electron chi connectivity index (χ3n) is 6.46. The van der Waals surface area contributed by atoms with Crippen LogP contribution >= 0.6 is 0 Å². The average Bonchev–Trinajstić information content (AvgIpc) is 2.76. The van der Waals surface area contributed by atoms with Gasteiger partial charge in [-0.1, -0.05) is 41.5 Å². The predicted molar refractivity (Wildman–Crippen MR) is 164 cm³/mol. The molecule has 4 nitrogen and oxygen atoms in total. The Labute approximate surface area is 211 Å². The molecule has 0 bridgehead atoms. The fraction of sp³-hybridized carbons (Fsp3) is 1.00. The van der Waals surface area contributed by atoms with Gasteiger partial charge in [0.15, 0.2) is 27.4 Å². The van der Waals surface area contributed by atoms with Gasteiger partial charge in [-0.3, -0.25) is 0 Å². The summed E-state index contributed by atoms with van der Waals surface area (Å²) < 4.78 is 12.7. The Morgan fingerprint density at radius 1 is 0.419 bits per heavy atom. The van der Waals surface area contributed by atoms with E-state index in [-0.39, 0.29) is 0 Å². The smallest absolute Gasteiger partial charge is 0.174 e. The van der Waals surface area contributed by atoms with Gasteiger partial charge in [-0.05, 0) is 94.8 Å². The molecule has 0 rings (SSSR count). The molecule has 0 amide bonds. The summed E-state index contributed by atoms with van der Waals surface area (Å²) in [4.78, 5) is 0. The summed E-state index contributed by atoms with van der Waals surface area (Å²) in [5, 5.41) is 0. The molecule has 0 radical (unpaired) electrons. The maximum Gasteiger partial charge on any atom is 0.174 e. The maximum absolute atomic E-state index is 3.50. The Bertz CT molecular complexity index is 335. The van der Waals surface area contributed by atoms with Crippen molar-refractivity contribution in [2.75, 3.05) is 39.3 Å². The Kier molecular flexibility index (Phi) is 21.3. The first-order valence-electron chi connectivity index (χ1n) is 14.0. The Morgan fingerprint density at radius 3 is 0.742 bits per heavy atom. The van der Waals surface area contributed by atoms with E-state index >= 15 is 0 Å². The molecular formula is C21H60N4Si6. The number of nitrogens with zero attached hydrogens (tertiary/aromatic N) is 4. The van der Waals surface area contributed by atoms with Crippen molar-refractivity contribution >= 4 is 58.1 Å². The molecule has 10 heteroatoms. The largest absolute Gasteiger partial charge is 0.339 e. The molecule has 0 aliphatic rings. The number of hydrogen-bond donors (Lipinski definition) is 0. The van der Waals surface area contributed by atoms with Crippen LogP contribution in [0.2, 0.25) is 17.0 Å². The third kappa shape index (κ3) is 11.0. The highest BCUT2D eigenvalue weighted by molar-refractivity contribution is 6.88. The minimum absolute atomic E-state index is 1.03. The van der Waals surface area contributed by atoms with Gasteiger partial charge in [0.2, 0.25) is 0 Å². The van der Waals surface area contributed by atoms with Crippen LogP contribution in [0.4, 0.5) is 0 Å². The Balaban J connectivity index is 6.41. The summed E-state index contributed by atoms with van der Waals surface area (Å²) in [7, 11) is 1.08. The van der Waals surface area contributed by atoms with E-state index in [1.54, 1.807) is 17.0 Å². The first-order valence-corrected chi connectivity index (χ1v) is 23.8. The maximum atomic E-state index is 3.50. The highest BCUT2D eigenvalue weighted by atomic mass is 28.4. The normalized spacial score (nSPS) is 15.7. The molecule has 0 saturated heterocycles. The van der Waals surface area contributed by atoms with Crippen molar-refractivity contribution in [2.45, 2.75) is 97.1 Å². The van der Waals surface area contributed by atoms with Crippen molar-refractivity contribution in [2.24, 2.45) is 0 Å². The van der Waals surface area contributed by atoms with Crippen LogP contribution in [-0.4, -0.2) is 115 Å². The molecule has 0 aromatic heterocycles. The van der Waals surface area contributed by atoms with Gasteiger partial charge in [0, 0.05) is 30.7 Å². The summed E-state index contributed by atoms with van der Waals surface area (Å²) in [5.41, 5.74) is 4.73. The van der Waals surface area contributed by atoms with Gasteiger partial charge in [-0.2, -0.15) is 0 Å². The summed E-state index contributed by atoms with van der Waals surface area (Å²) in [6.45, 7) is 22.6. The molecule has 0 aliphatic heterocycles. The van der Waals surface area contributed by atoms with Crippen molar-refractivity contribution < 1.29 is 0 Å². The van der Waals surface area contributed by atoms with E-state index < -0.39 is 27.4 Å². The van der Waals surface area contributed by atoms with E-state index in [4.69, 9.17) is 0 Å². The van der Waals surface area contributed by atoms with Gasteiger partial charge in [0.1, 0.15) is 0 Å². The molecule has 0 N–H and O–H groups in total. The zero-order valence-corrected chi connectivity index (χ0v) is 32.6. The van der Waals surface area contributed by atoms with E-state index in [0.29, 0.717) is 0 Å². The standard InChI is InChI=1S/C21H60N4Si6/c1-7-13-22(14-8-2)29(19-26)25(30(20-27)23(15-9-3)16-10-4)31(21-28)24(17-11-5)18-12-6/h29-31H,7-21H2,1-6,26-28H3. The zero-order chi connectivity index (χ0) is 23.6. The highest BCUT2D eigenvalue weighted by Crippen LogP contribution is 2.20. The van der Waals surface area contributed by atoms with E-state index in [1.165, 1.54) is 109 Å². The van der Waals surface area contributed by atoms with Crippen LogP contribution in [0.25, 0.3) is 0 Å². The molecule has 0 aromatic carbocycles. The van der Waals surface area contributed by atoms with Gasteiger partial charge in [0.25, 0.3) is 0 Å². The summed E-state index contributed by atoms with van der Waals surface area (Å²) in [5.74, 6) is 0. The number of hydrogen-bond acceptors (Lipinski definition) is 4. The second kappa shape index (κ2) is 20.5. The molecular weight excluding hydrogens is 477 g/mol. The minimum Gasteiger partial charge on any atom is -0.339 e. The SMILES string of the molecule is CCCN(CCC)[SiH](C[SiH3])N([SiH](C[SiH3])N(CCC)CCC)[SiH](C[SiH3])N(CCC)CCC. The molecule has 0 aromatic rings. The average molecular weight is 537 g/mol. The van der Waals surface area contributed by atoms with E-state index in [2.05, 4.69) is 59.1 Å². The molecule has 0 fully saturated rings. The molecule has 188 valence electrons. The van der Waals surface area contributed by atoms with E-state index in [0.717, 1.165) is 0 Å². The van der Waals surface area contributed by atoms with Gasteiger partial charge in [0.05, 0.1) is 0 Å². The summed E-state index contributed by atoms with van der Waals surface area (Å²) in [6, 6.07) is 0. The van der Waals surface area contributed by atoms with Gasteiger partial charge >= 0.3 is 0 Å². The van der Waals surface area contributed by atoms with Crippen molar-refractivity contribution in [3.63, 3.8) is 0 Å². The van der Waals surface area contributed by atoms with Gasteiger partial charge < -0.3 is 17.6 Å². The van der Waals surface area contributed by atoms with Gasteiger partial charge in [-0.15, -0.1) is 0 Å². The lowest BCUT2D eigenvalue weighted by atomic mass is 10.4. The van der Waals surface area contributed by atoms with Gasteiger partial charge in [-0.25, -0.2) is 0 Å². The Morgan fingerprint density at radius 2 is 0.613 bits per heavy atom. The molecule has 0 saturated carbocycles. The van der Waals surface area contributed by atoms with Crippen molar-refractivity contribution in [1.82, 2.24) is 17.6 Å². The van der Waals surface area contributed by atoms with Crippen LogP contribution in [0.1, 0.15) is 80.1 Å². The zero-order valence-electron chi connectivity index (χ0n) is 23.1. The fourth-order valence-electron chi connectivity index (χ4n) is 5.52. The number of rotatable bonds is 21. The van der Waals surface area contributed by atoms with E-state index in [9.17, 15) is 0 Å². The lowest BCUT2D eigenvalue weighted by Gasteiger charge is -2.51. The molecule has 0 spiro atoms. The van der Waals surface area contributed by atoms with Crippen LogP contribution < -0.4 is 0 Å². The first-order chi connectivity index (χ1) is 15.0. The molecule has 0 aliphatic carbocycles. The van der Waals surface area contributed by atoms with Crippen LogP contribution in [0, 0.1) is 0 Å². The van der Waals surface area contributed by atoms with E-state index in [1.807, 2.05) is 0 Å². The van der Waals surface area contributed by atoms with Crippen molar-refractivity contribution in [3.05, 3.63) is 0 Å². The fourth-order valence-corrected chi connectivity index (χ4v) is 40.8. The second-order valence-electron chi connectivity index (χ2n) is 9.22. The molecule has 0 heterocycles. The lowest BCUT2D eigenvalue weighted by molar-refractivity contribution is 0.371. The van der Waals surface area contributed by atoms with Crippen LogP contribution in [0.5, 0.6) is 0 Å². The topological polar surface area (TPSA) is 13.0 Å². The highest BCUT2D eigenvalue weighted by Gasteiger charge is 2.40. The quantitative estimate of drug-likeness (QED) is 0.195. The summed E-state index contributed by atoms with van der Waals surface area (Å²) >= 11 is 0. The summed E-state index contributed by atoms with van der Waals surface area (Å²) in [6.07, 6.45) is 8.00. The van der Waals surface area contributed by atoms with Crippen molar-refractivity contribution in [3.8, 4) is 0 Å². The van der Waals surface area contributed by atoms with Crippen LogP contribution in [0.15, 0.2) is 0 Å². The minimum atomic E-state index is -1.03. The van der Waals surface area contributed by atoms with Crippen LogP contribution in [-0.2, 0) is 0 Å². The monoisotopic (exact) mass is 536 g/mol. The second-order valence-corrected chi connectivity index (χ2v) is 27.7.